The Hall–Kier alpha value is -1.86. The topological polar surface area (TPSA) is 72.5 Å². The quantitative estimate of drug-likeness (QED) is 0.743. The third-order valence-corrected chi connectivity index (χ3v) is 5.69. The maximum absolute atomic E-state index is 12.0. The minimum absolute atomic E-state index is 0.116. The fourth-order valence-corrected chi connectivity index (χ4v) is 4.28. The van der Waals surface area contributed by atoms with E-state index in [2.05, 4.69) is 21.2 Å². The van der Waals surface area contributed by atoms with Crippen LogP contribution < -0.4 is 10.1 Å². The zero-order valence-electron chi connectivity index (χ0n) is 13.9. The van der Waals surface area contributed by atoms with Gasteiger partial charge in [-0.25, -0.2) is 8.42 Å². The number of nitrogens with one attached hydrogen (secondary N) is 1. The predicted octanol–water partition coefficient (Wildman–Crippen LogP) is 3.60. The molecule has 0 saturated carbocycles. The van der Waals surface area contributed by atoms with Crippen LogP contribution in [0.15, 0.2) is 39.7 Å². The molecule has 2 aromatic carbocycles. The molecule has 7 heteroatoms. The fourth-order valence-electron chi connectivity index (χ4n) is 2.88. The van der Waals surface area contributed by atoms with Crippen LogP contribution in [-0.2, 0) is 22.8 Å². The second kappa shape index (κ2) is 6.80. The lowest BCUT2D eigenvalue weighted by atomic mass is 10.1. The van der Waals surface area contributed by atoms with E-state index in [1.165, 1.54) is 19.1 Å². The van der Waals surface area contributed by atoms with Gasteiger partial charge in [-0.15, -0.1) is 0 Å². The van der Waals surface area contributed by atoms with E-state index < -0.39 is 9.84 Å². The highest BCUT2D eigenvalue weighted by molar-refractivity contribution is 9.10. The third kappa shape index (κ3) is 3.88. The Labute approximate surface area is 155 Å². The highest BCUT2D eigenvalue weighted by atomic mass is 79.9. The van der Waals surface area contributed by atoms with E-state index in [4.69, 9.17) is 4.74 Å². The van der Waals surface area contributed by atoms with Gasteiger partial charge < -0.3 is 10.1 Å². The van der Waals surface area contributed by atoms with E-state index in [-0.39, 0.29) is 10.7 Å². The number of anilines is 1. The van der Waals surface area contributed by atoms with Crippen LogP contribution in [-0.4, -0.2) is 27.1 Å². The van der Waals surface area contributed by atoms with Gasteiger partial charge in [0.05, 0.1) is 17.2 Å². The van der Waals surface area contributed by atoms with Crippen molar-refractivity contribution in [3.63, 3.8) is 0 Å². The monoisotopic (exact) mass is 423 g/mol. The first kappa shape index (κ1) is 17.9. The number of benzene rings is 2. The van der Waals surface area contributed by atoms with Gasteiger partial charge in [-0.05, 0) is 42.8 Å². The van der Waals surface area contributed by atoms with Crippen molar-refractivity contribution in [2.45, 2.75) is 24.8 Å². The van der Waals surface area contributed by atoms with Gasteiger partial charge in [-0.2, -0.15) is 0 Å². The van der Waals surface area contributed by atoms with Crippen LogP contribution in [0.4, 0.5) is 5.69 Å². The van der Waals surface area contributed by atoms with Crippen LogP contribution in [0.3, 0.4) is 0 Å². The van der Waals surface area contributed by atoms with Crippen LogP contribution in [0.2, 0.25) is 0 Å². The lowest BCUT2D eigenvalue weighted by molar-refractivity contribution is 0.101. The van der Waals surface area contributed by atoms with Crippen molar-refractivity contribution in [1.29, 1.82) is 0 Å². The van der Waals surface area contributed by atoms with E-state index in [0.717, 1.165) is 34.0 Å². The smallest absolute Gasteiger partial charge is 0.177 e. The van der Waals surface area contributed by atoms with Gasteiger partial charge in [-0.1, -0.05) is 15.9 Å². The van der Waals surface area contributed by atoms with Crippen LogP contribution in [0.5, 0.6) is 5.75 Å². The van der Waals surface area contributed by atoms with Crippen LogP contribution in [0, 0.1) is 0 Å². The number of hydrogen-bond acceptors (Lipinski definition) is 5. The average Bonchev–Trinajstić information content (AvgIpc) is 2.99. The highest BCUT2D eigenvalue weighted by Crippen LogP contribution is 2.34. The molecule has 1 aliphatic heterocycles. The lowest BCUT2D eigenvalue weighted by Crippen LogP contribution is -2.08. The Bertz CT molecular complexity index is 954. The standard InChI is InChI=1S/C18H18BrNO4S/c1-11(21)12-3-4-17(25(2,22)23)16(9-12)20-10-14-8-15(19)7-13-5-6-24-18(13)14/h3-4,7-9,20H,5-6,10H2,1-2H3. The molecule has 0 radical (unpaired) electrons. The molecule has 0 aromatic heterocycles. The second-order valence-corrected chi connectivity index (χ2v) is 8.94. The lowest BCUT2D eigenvalue weighted by Gasteiger charge is -2.14. The number of ketones is 1. The van der Waals surface area contributed by atoms with E-state index in [1.807, 2.05) is 12.1 Å². The summed E-state index contributed by atoms with van der Waals surface area (Å²) in [5.41, 5.74) is 2.95. The number of sulfone groups is 1. The molecule has 0 bridgehead atoms. The summed E-state index contributed by atoms with van der Waals surface area (Å²) in [6.07, 6.45) is 2.01. The van der Waals surface area contributed by atoms with Crippen molar-refractivity contribution in [1.82, 2.24) is 0 Å². The molecule has 0 saturated heterocycles. The van der Waals surface area contributed by atoms with E-state index in [1.54, 1.807) is 6.07 Å². The van der Waals surface area contributed by atoms with Gasteiger partial charge in [0.25, 0.3) is 0 Å². The number of halogens is 1. The molecule has 1 aliphatic rings. The molecule has 0 amide bonds. The SMILES string of the molecule is CC(=O)c1ccc(S(C)(=O)=O)c(NCc2cc(Br)cc3c2OCC3)c1. The van der Waals surface area contributed by atoms with Gasteiger partial charge in [0, 0.05) is 34.8 Å². The number of hydrogen-bond donors (Lipinski definition) is 1. The molecule has 3 rings (SSSR count). The average molecular weight is 424 g/mol. The molecule has 1 N–H and O–H groups in total. The van der Waals surface area contributed by atoms with Crippen molar-refractivity contribution >= 4 is 37.2 Å². The highest BCUT2D eigenvalue weighted by Gasteiger charge is 2.19. The number of carbonyl (C=O) groups excluding carboxylic acids is 1. The molecular weight excluding hydrogens is 406 g/mol. The van der Waals surface area contributed by atoms with Gasteiger partial charge in [0.1, 0.15) is 5.75 Å². The molecule has 5 nitrogen and oxygen atoms in total. The van der Waals surface area contributed by atoms with Crippen LogP contribution in [0.1, 0.15) is 28.4 Å². The van der Waals surface area contributed by atoms with E-state index in [9.17, 15) is 13.2 Å². The summed E-state index contributed by atoms with van der Waals surface area (Å²) in [7, 11) is -3.41. The van der Waals surface area contributed by atoms with Gasteiger partial charge in [-0.3, -0.25) is 4.79 Å². The number of carbonyl (C=O) groups is 1. The van der Waals surface area contributed by atoms with Crippen molar-refractivity contribution in [2.24, 2.45) is 0 Å². The van der Waals surface area contributed by atoms with E-state index in [0.29, 0.717) is 24.4 Å². The predicted molar refractivity (Wildman–Crippen MR) is 100 cm³/mol. The van der Waals surface area contributed by atoms with Crippen molar-refractivity contribution in [3.8, 4) is 5.75 Å². The Kier molecular flexibility index (Phi) is 4.88. The molecule has 25 heavy (non-hydrogen) atoms. The van der Waals surface area contributed by atoms with Crippen LogP contribution >= 0.6 is 15.9 Å². The normalized spacial score (nSPS) is 13.2. The third-order valence-electron chi connectivity index (χ3n) is 4.08. The fraction of sp³-hybridized carbons (Fsp3) is 0.278. The Balaban J connectivity index is 1.96. The Morgan fingerprint density at radius 1 is 1.28 bits per heavy atom. The van der Waals surface area contributed by atoms with Gasteiger partial charge in [0.15, 0.2) is 15.6 Å². The first-order valence-corrected chi connectivity index (χ1v) is 10.5. The molecular formula is C18H18BrNO4S. The zero-order valence-corrected chi connectivity index (χ0v) is 16.3. The summed E-state index contributed by atoms with van der Waals surface area (Å²) in [5.74, 6) is 0.731. The summed E-state index contributed by atoms with van der Waals surface area (Å²) >= 11 is 3.50. The van der Waals surface area contributed by atoms with Gasteiger partial charge in [0.2, 0.25) is 0 Å². The Morgan fingerprint density at radius 2 is 2.04 bits per heavy atom. The molecule has 0 atom stereocenters. The first-order chi connectivity index (χ1) is 11.8. The second-order valence-electron chi connectivity index (χ2n) is 6.04. The first-order valence-electron chi connectivity index (χ1n) is 7.79. The molecule has 0 fully saturated rings. The Morgan fingerprint density at radius 3 is 2.72 bits per heavy atom. The molecule has 132 valence electrons. The number of rotatable bonds is 5. The van der Waals surface area contributed by atoms with E-state index >= 15 is 0 Å². The van der Waals surface area contributed by atoms with Crippen molar-refractivity contribution in [2.75, 3.05) is 18.2 Å². The minimum Gasteiger partial charge on any atom is -0.493 e. The largest absolute Gasteiger partial charge is 0.493 e. The maximum atomic E-state index is 12.0. The van der Waals surface area contributed by atoms with Crippen LogP contribution in [0.25, 0.3) is 0 Å². The summed E-state index contributed by atoms with van der Waals surface area (Å²) < 4.78 is 30.7. The zero-order chi connectivity index (χ0) is 18.2. The minimum atomic E-state index is -3.41. The molecule has 1 heterocycles. The van der Waals surface area contributed by atoms with Gasteiger partial charge >= 0.3 is 0 Å². The number of Topliss-reactive ketones (excluding diaryl/α,β-unsaturated/α-hetero) is 1. The molecule has 0 unspecified atom stereocenters. The molecule has 0 spiro atoms. The number of ether oxygens (including phenoxy) is 1. The summed E-state index contributed by atoms with van der Waals surface area (Å²) in [6.45, 7) is 2.49. The summed E-state index contributed by atoms with van der Waals surface area (Å²) in [4.78, 5) is 11.8. The molecule has 2 aromatic rings. The summed E-state index contributed by atoms with van der Waals surface area (Å²) in [6, 6.07) is 8.56. The van der Waals surface area contributed by atoms with Crippen molar-refractivity contribution in [3.05, 3.63) is 51.5 Å². The maximum Gasteiger partial charge on any atom is 0.177 e. The number of fused-ring (bicyclic) bond motifs is 1. The summed E-state index contributed by atoms with van der Waals surface area (Å²) in [5, 5.41) is 3.16. The van der Waals surface area contributed by atoms with Crippen molar-refractivity contribution < 1.29 is 17.9 Å². The molecule has 0 aliphatic carbocycles.